The van der Waals surface area contributed by atoms with Crippen molar-refractivity contribution in [1.82, 2.24) is 0 Å². The normalized spacial score (nSPS) is 13.6. The van der Waals surface area contributed by atoms with Crippen molar-refractivity contribution in [2.24, 2.45) is 0 Å². The van der Waals surface area contributed by atoms with E-state index in [1.54, 1.807) is 0 Å². The van der Waals surface area contributed by atoms with E-state index in [1.165, 1.54) is 109 Å². The SMILES string of the molecule is CCCCCCCCCCCCCC(=O)OC(COC(=O)CCCCCCCCCCC)COP(=O)(O)OCC(CO)OC(=O)CCCCCCCCCCC. The van der Waals surface area contributed by atoms with Crippen molar-refractivity contribution in [3.63, 3.8) is 0 Å². The third-order valence-electron chi connectivity index (χ3n) is 10.0. The topological polar surface area (TPSA) is 155 Å². The molecule has 3 atom stereocenters. The van der Waals surface area contributed by atoms with E-state index in [2.05, 4.69) is 20.8 Å². The summed E-state index contributed by atoms with van der Waals surface area (Å²) in [6, 6.07) is 0. The molecule has 0 amide bonds. The summed E-state index contributed by atoms with van der Waals surface area (Å²) < 4.78 is 39.0. The van der Waals surface area contributed by atoms with Crippen LogP contribution >= 0.6 is 7.82 Å². The molecule has 0 heterocycles. The first-order valence-electron chi connectivity index (χ1n) is 22.9. The maximum Gasteiger partial charge on any atom is 0.472 e. The van der Waals surface area contributed by atoms with Crippen molar-refractivity contribution in [3.8, 4) is 0 Å². The Bertz CT molecular complexity index is 963. The van der Waals surface area contributed by atoms with Gasteiger partial charge in [0.15, 0.2) is 6.10 Å². The van der Waals surface area contributed by atoms with Gasteiger partial charge < -0.3 is 24.2 Å². The highest BCUT2D eigenvalue weighted by Gasteiger charge is 2.28. The predicted molar refractivity (Wildman–Crippen MR) is 224 cm³/mol. The van der Waals surface area contributed by atoms with Gasteiger partial charge in [-0.15, -0.1) is 0 Å². The molecule has 12 heteroatoms. The number of hydrogen-bond donors (Lipinski definition) is 2. The molecule has 11 nitrogen and oxygen atoms in total. The van der Waals surface area contributed by atoms with Crippen molar-refractivity contribution in [1.29, 1.82) is 0 Å². The molecule has 2 N–H and O–H groups in total. The fourth-order valence-electron chi connectivity index (χ4n) is 6.47. The van der Waals surface area contributed by atoms with Gasteiger partial charge in [0.2, 0.25) is 0 Å². The van der Waals surface area contributed by atoms with Crippen LogP contribution in [0.15, 0.2) is 0 Å². The zero-order valence-corrected chi connectivity index (χ0v) is 37.0. The number of esters is 3. The van der Waals surface area contributed by atoms with Gasteiger partial charge >= 0.3 is 25.7 Å². The molecule has 0 aromatic carbocycles. The minimum Gasteiger partial charge on any atom is -0.462 e. The van der Waals surface area contributed by atoms with Crippen molar-refractivity contribution in [2.75, 3.05) is 26.4 Å². The number of aliphatic hydroxyl groups excluding tert-OH is 1. The Labute approximate surface area is 342 Å². The van der Waals surface area contributed by atoms with Crippen LogP contribution in [0.5, 0.6) is 0 Å². The number of unbranched alkanes of at least 4 members (excludes halogenated alkanes) is 26. The third-order valence-corrected chi connectivity index (χ3v) is 11.0. The molecular formula is C44H85O11P. The number of carbonyl (C=O) groups is 3. The van der Waals surface area contributed by atoms with Gasteiger partial charge in [-0.25, -0.2) is 4.57 Å². The number of carbonyl (C=O) groups excluding carboxylic acids is 3. The maximum absolute atomic E-state index is 12.7. The van der Waals surface area contributed by atoms with Crippen LogP contribution in [0.3, 0.4) is 0 Å². The minimum atomic E-state index is -4.71. The predicted octanol–water partition coefficient (Wildman–Crippen LogP) is 12.0. The largest absolute Gasteiger partial charge is 0.472 e. The van der Waals surface area contributed by atoms with Gasteiger partial charge in [-0.1, -0.05) is 188 Å². The molecule has 0 fully saturated rings. The van der Waals surface area contributed by atoms with Crippen LogP contribution in [0.1, 0.15) is 226 Å². The van der Waals surface area contributed by atoms with E-state index in [0.717, 1.165) is 57.8 Å². The highest BCUT2D eigenvalue weighted by atomic mass is 31.2. The molecular weight excluding hydrogens is 735 g/mol. The average Bonchev–Trinajstić information content (AvgIpc) is 3.18. The van der Waals surface area contributed by atoms with Gasteiger partial charge in [0.1, 0.15) is 12.7 Å². The van der Waals surface area contributed by atoms with Gasteiger partial charge in [-0.05, 0) is 19.3 Å². The minimum absolute atomic E-state index is 0.176. The molecule has 0 aliphatic carbocycles. The number of phosphoric acid groups is 1. The Morgan fingerprint density at radius 2 is 0.714 bits per heavy atom. The average molecular weight is 821 g/mol. The van der Waals surface area contributed by atoms with Crippen LogP contribution < -0.4 is 0 Å². The summed E-state index contributed by atoms with van der Waals surface area (Å²) in [4.78, 5) is 47.8. The monoisotopic (exact) mass is 821 g/mol. The van der Waals surface area contributed by atoms with Crippen molar-refractivity contribution in [3.05, 3.63) is 0 Å². The second kappa shape index (κ2) is 40.3. The number of aliphatic hydroxyl groups is 1. The van der Waals surface area contributed by atoms with Gasteiger partial charge in [-0.3, -0.25) is 23.4 Å². The summed E-state index contributed by atoms with van der Waals surface area (Å²) in [5.41, 5.74) is 0. The van der Waals surface area contributed by atoms with E-state index >= 15 is 0 Å². The number of phosphoric ester groups is 1. The molecule has 0 saturated heterocycles. The van der Waals surface area contributed by atoms with E-state index in [0.29, 0.717) is 19.3 Å². The molecule has 0 rings (SSSR count). The second-order valence-electron chi connectivity index (χ2n) is 15.6. The Kier molecular flexibility index (Phi) is 39.2. The van der Waals surface area contributed by atoms with Crippen LogP contribution in [-0.4, -0.2) is 66.5 Å². The number of rotatable bonds is 43. The Hall–Kier alpha value is -1.52. The number of hydrogen-bond acceptors (Lipinski definition) is 10. The van der Waals surface area contributed by atoms with Crippen LogP contribution in [0.4, 0.5) is 0 Å². The van der Waals surface area contributed by atoms with Crippen molar-refractivity contribution >= 4 is 25.7 Å². The summed E-state index contributed by atoms with van der Waals surface area (Å²) in [7, 11) is -4.71. The lowest BCUT2D eigenvalue weighted by molar-refractivity contribution is -0.161. The maximum atomic E-state index is 12.7. The van der Waals surface area contributed by atoms with Crippen LogP contribution in [0.2, 0.25) is 0 Å². The van der Waals surface area contributed by atoms with Crippen LogP contribution in [-0.2, 0) is 42.2 Å². The Morgan fingerprint density at radius 1 is 0.429 bits per heavy atom. The highest BCUT2D eigenvalue weighted by Crippen LogP contribution is 2.43. The lowest BCUT2D eigenvalue weighted by Gasteiger charge is -2.21. The van der Waals surface area contributed by atoms with Gasteiger partial charge in [0, 0.05) is 19.3 Å². The van der Waals surface area contributed by atoms with E-state index < -0.39 is 57.8 Å². The fourth-order valence-corrected chi connectivity index (χ4v) is 7.26. The molecule has 332 valence electrons. The quantitative estimate of drug-likeness (QED) is 0.0261. The molecule has 0 radical (unpaired) electrons. The van der Waals surface area contributed by atoms with Crippen LogP contribution in [0.25, 0.3) is 0 Å². The zero-order valence-electron chi connectivity index (χ0n) is 36.1. The van der Waals surface area contributed by atoms with E-state index in [-0.39, 0.29) is 25.9 Å². The van der Waals surface area contributed by atoms with Crippen molar-refractivity contribution in [2.45, 2.75) is 238 Å². The first-order valence-corrected chi connectivity index (χ1v) is 24.4. The third kappa shape index (κ3) is 38.0. The zero-order chi connectivity index (χ0) is 41.4. The molecule has 0 spiro atoms. The molecule has 0 aromatic rings. The molecule has 0 saturated carbocycles. The smallest absolute Gasteiger partial charge is 0.462 e. The summed E-state index contributed by atoms with van der Waals surface area (Å²) >= 11 is 0. The first kappa shape index (κ1) is 54.5. The number of ether oxygens (including phenoxy) is 3. The molecule has 0 aromatic heterocycles. The lowest BCUT2D eigenvalue weighted by atomic mass is 10.1. The summed E-state index contributed by atoms with van der Waals surface area (Å²) in [6.45, 7) is 4.58. The lowest BCUT2D eigenvalue weighted by Crippen LogP contribution is -2.30. The van der Waals surface area contributed by atoms with Crippen molar-refractivity contribution < 1.29 is 52.2 Å². The van der Waals surface area contributed by atoms with E-state index in [4.69, 9.17) is 23.3 Å². The Morgan fingerprint density at radius 3 is 1.05 bits per heavy atom. The summed E-state index contributed by atoms with van der Waals surface area (Å²) in [5.74, 6) is -1.45. The highest BCUT2D eigenvalue weighted by molar-refractivity contribution is 7.47. The fraction of sp³-hybridized carbons (Fsp3) is 0.932. The molecule has 0 aliphatic heterocycles. The standard InChI is InChI=1S/C44H85O11P/c1-4-7-10-13-16-19-20-23-26-29-32-35-44(48)55-41(37-51-42(46)33-30-27-24-21-17-14-11-8-5-2)39-53-56(49,50)52-38-40(36-45)54-43(47)34-31-28-25-22-18-15-12-9-6-3/h40-41,45H,4-39H2,1-3H3,(H,49,50). The first-order chi connectivity index (χ1) is 27.2. The van der Waals surface area contributed by atoms with Gasteiger partial charge in [-0.2, -0.15) is 0 Å². The van der Waals surface area contributed by atoms with Gasteiger partial charge in [0.05, 0.1) is 19.8 Å². The van der Waals surface area contributed by atoms with E-state index in [1.807, 2.05) is 0 Å². The molecule has 0 bridgehead atoms. The van der Waals surface area contributed by atoms with Gasteiger partial charge in [0.25, 0.3) is 0 Å². The molecule has 56 heavy (non-hydrogen) atoms. The molecule has 3 unspecified atom stereocenters. The molecule has 0 aliphatic rings. The summed E-state index contributed by atoms with van der Waals surface area (Å²) in [6.07, 6.45) is 31.0. The van der Waals surface area contributed by atoms with E-state index in [9.17, 15) is 28.9 Å². The van der Waals surface area contributed by atoms with Crippen LogP contribution in [0, 0.1) is 0 Å². The summed E-state index contributed by atoms with van der Waals surface area (Å²) in [5, 5.41) is 9.69. The second-order valence-corrected chi connectivity index (χ2v) is 17.0. The Balaban J connectivity index is 4.73.